The van der Waals surface area contributed by atoms with Crippen LogP contribution in [0, 0.1) is 6.92 Å². The number of primary amides is 1. The van der Waals surface area contributed by atoms with E-state index in [9.17, 15) is 9.59 Å². The molecular weight excluding hydrogens is 258 g/mol. The molecule has 3 amide bonds. The van der Waals surface area contributed by atoms with E-state index >= 15 is 0 Å². The zero-order valence-corrected chi connectivity index (χ0v) is 12.3. The largest absolute Gasteiger partial charge is 0.443 e. The molecule has 0 spiro atoms. The van der Waals surface area contributed by atoms with Crippen molar-refractivity contribution in [1.29, 1.82) is 0 Å². The van der Waals surface area contributed by atoms with Gasteiger partial charge in [-0.2, -0.15) is 0 Å². The SMILES string of the molecule is Cc1ccc(CN(NC(=O)OC(C)(C)C)C(N)=O)cc1. The number of ether oxygens (including phenoxy) is 1. The Balaban J connectivity index is 2.68. The Bertz CT molecular complexity index is 477. The molecule has 20 heavy (non-hydrogen) atoms. The second kappa shape index (κ2) is 6.27. The average Bonchev–Trinajstić information content (AvgIpc) is 2.28. The van der Waals surface area contributed by atoms with Gasteiger partial charge in [0, 0.05) is 0 Å². The summed E-state index contributed by atoms with van der Waals surface area (Å²) < 4.78 is 5.08. The lowest BCUT2D eigenvalue weighted by molar-refractivity contribution is 0.0375. The Morgan fingerprint density at radius 3 is 2.25 bits per heavy atom. The molecule has 0 fully saturated rings. The van der Waals surface area contributed by atoms with Crippen LogP contribution in [-0.2, 0) is 11.3 Å². The highest BCUT2D eigenvalue weighted by atomic mass is 16.6. The van der Waals surface area contributed by atoms with Gasteiger partial charge in [-0.3, -0.25) is 0 Å². The van der Waals surface area contributed by atoms with Crippen LogP contribution in [0.1, 0.15) is 31.9 Å². The molecule has 0 aromatic heterocycles. The predicted octanol–water partition coefficient (Wildman–Crippen LogP) is 2.32. The third kappa shape index (κ3) is 5.60. The topological polar surface area (TPSA) is 84.7 Å². The maximum absolute atomic E-state index is 11.6. The Morgan fingerprint density at radius 2 is 1.80 bits per heavy atom. The highest BCUT2D eigenvalue weighted by molar-refractivity contribution is 5.76. The zero-order valence-electron chi connectivity index (χ0n) is 12.3. The van der Waals surface area contributed by atoms with Crippen LogP contribution in [0.25, 0.3) is 0 Å². The number of urea groups is 1. The van der Waals surface area contributed by atoms with E-state index in [1.807, 2.05) is 31.2 Å². The third-order valence-corrected chi connectivity index (χ3v) is 2.35. The van der Waals surface area contributed by atoms with Crippen molar-refractivity contribution >= 4 is 12.1 Å². The summed E-state index contributed by atoms with van der Waals surface area (Å²) in [5.74, 6) is 0. The van der Waals surface area contributed by atoms with Crippen LogP contribution < -0.4 is 11.2 Å². The number of nitrogens with one attached hydrogen (secondary N) is 1. The van der Waals surface area contributed by atoms with E-state index in [0.29, 0.717) is 0 Å². The fourth-order valence-corrected chi connectivity index (χ4v) is 1.46. The van der Waals surface area contributed by atoms with E-state index in [1.165, 1.54) is 0 Å². The molecule has 1 aromatic rings. The normalized spacial score (nSPS) is 10.8. The number of carbonyl (C=O) groups excluding carboxylic acids is 2. The maximum Gasteiger partial charge on any atom is 0.426 e. The van der Waals surface area contributed by atoms with Crippen molar-refractivity contribution in [3.63, 3.8) is 0 Å². The van der Waals surface area contributed by atoms with Gasteiger partial charge in [-0.05, 0) is 33.3 Å². The fourth-order valence-electron chi connectivity index (χ4n) is 1.46. The molecule has 6 heteroatoms. The van der Waals surface area contributed by atoms with Gasteiger partial charge in [0.1, 0.15) is 5.60 Å². The third-order valence-electron chi connectivity index (χ3n) is 2.35. The number of hydrogen-bond donors (Lipinski definition) is 2. The van der Waals surface area contributed by atoms with Crippen LogP contribution in [0.5, 0.6) is 0 Å². The van der Waals surface area contributed by atoms with Crippen LogP contribution in [0.2, 0.25) is 0 Å². The van der Waals surface area contributed by atoms with Gasteiger partial charge >= 0.3 is 12.1 Å². The van der Waals surface area contributed by atoms with Crippen molar-refractivity contribution in [3.05, 3.63) is 35.4 Å². The molecule has 1 aromatic carbocycles. The maximum atomic E-state index is 11.6. The molecule has 0 saturated heterocycles. The summed E-state index contributed by atoms with van der Waals surface area (Å²) >= 11 is 0. The van der Waals surface area contributed by atoms with Gasteiger partial charge in [0.15, 0.2) is 0 Å². The summed E-state index contributed by atoms with van der Waals surface area (Å²) in [6.07, 6.45) is -0.719. The number of hydrogen-bond acceptors (Lipinski definition) is 3. The number of amides is 3. The summed E-state index contributed by atoms with van der Waals surface area (Å²) in [5, 5.41) is 1.01. The Kier molecular flexibility index (Phi) is 4.96. The van der Waals surface area contributed by atoms with Crippen LogP contribution in [-0.4, -0.2) is 22.7 Å². The van der Waals surface area contributed by atoms with Gasteiger partial charge in [0.25, 0.3) is 0 Å². The van der Waals surface area contributed by atoms with Crippen molar-refractivity contribution in [2.75, 3.05) is 0 Å². The average molecular weight is 279 g/mol. The van der Waals surface area contributed by atoms with E-state index in [1.54, 1.807) is 20.8 Å². The number of nitrogens with zero attached hydrogens (tertiary/aromatic N) is 1. The molecule has 110 valence electrons. The number of hydrazine groups is 1. The summed E-state index contributed by atoms with van der Waals surface area (Å²) in [4.78, 5) is 23.0. The van der Waals surface area contributed by atoms with Crippen molar-refractivity contribution < 1.29 is 14.3 Å². The van der Waals surface area contributed by atoms with Gasteiger partial charge in [0.05, 0.1) is 6.54 Å². The molecular formula is C14H21N3O3. The first-order valence-electron chi connectivity index (χ1n) is 6.29. The van der Waals surface area contributed by atoms with Crippen molar-refractivity contribution in [2.24, 2.45) is 5.73 Å². The quantitative estimate of drug-likeness (QED) is 0.815. The standard InChI is InChI=1S/C14H21N3O3/c1-10-5-7-11(8-6-10)9-17(12(15)18)16-13(19)20-14(2,3)4/h5-8H,9H2,1-4H3,(H2,15,18)(H,16,19). The molecule has 0 heterocycles. The lowest BCUT2D eigenvalue weighted by Gasteiger charge is -2.25. The van der Waals surface area contributed by atoms with Crippen LogP contribution in [0.4, 0.5) is 9.59 Å². The van der Waals surface area contributed by atoms with Crippen LogP contribution >= 0.6 is 0 Å². The summed E-state index contributed by atoms with van der Waals surface area (Å²) in [6, 6.07) is 6.81. The number of nitrogens with two attached hydrogens (primary N) is 1. The molecule has 0 saturated carbocycles. The highest BCUT2D eigenvalue weighted by Gasteiger charge is 2.20. The number of benzene rings is 1. The predicted molar refractivity (Wildman–Crippen MR) is 75.7 cm³/mol. The van der Waals surface area contributed by atoms with E-state index in [4.69, 9.17) is 10.5 Å². The molecule has 0 bridgehead atoms. The second-order valence-corrected chi connectivity index (χ2v) is 5.52. The van der Waals surface area contributed by atoms with E-state index in [-0.39, 0.29) is 6.54 Å². The van der Waals surface area contributed by atoms with E-state index in [2.05, 4.69) is 5.43 Å². The van der Waals surface area contributed by atoms with Crippen LogP contribution in [0.3, 0.4) is 0 Å². The minimum Gasteiger partial charge on any atom is -0.443 e. The van der Waals surface area contributed by atoms with E-state index in [0.717, 1.165) is 16.1 Å². The van der Waals surface area contributed by atoms with Gasteiger partial charge in [-0.25, -0.2) is 20.0 Å². The lowest BCUT2D eigenvalue weighted by atomic mass is 10.1. The number of rotatable bonds is 2. The molecule has 1 rings (SSSR count). The molecule has 0 unspecified atom stereocenters. The minimum atomic E-state index is -0.753. The Labute approximate surface area is 118 Å². The first kappa shape index (κ1) is 15.8. The molecule has 0 aliphatic rings. The first-order valence-corrected chi connectivity index (χ1v) is 6.29. The highest BCUT2D eigenvalue weighted by Crippen LogP contribution is 2.08. The summed E-state index contributed by atoms with van der Waals surface area (Å²) in [6.45, 7) is 7.35. The number of carbonyl (C=O) groups is 2. The Hall–Kier alpha value is -2.24. The van der Waals surface area contributed by atoms with Gasteiger partial charge < -0.3 is 10.5 Å². The van der Waals surface area contributed by atoms with Crippen molar-refractivity contribution in [2.45, 2.75) is 39.8 Å². The number of aryl methyl sites for hydroxylation is 1. The molecule has 0 aliphatic heterocycles. The molecule has 3 N–H and O–H groups in total. The lowest BCUT2D eigenvalue weighted by Crippen LogP contribution is -2.49. The van der Waals surface area contributed by atoms with Crippen molar-refractivity contribution in [3.8, 4) is 0 Å². The Morgan fingerprint density at radius 1 is 1.25 bits per heavy atom. The molecule has 0 aliphatic carbocycles. The molecule has 6 nitrogen and oxygen atoms in total. The second-order valence-electron chi connectivity index (χ2n) is 5.52. The zero-order chi connectivity index (χ0) is 15.3. The first-order chi connectivity index (χ1) is 9.17. The fraction of sp³-hybridized carbons (Fsp3) is 0.429. The van der Waals surface area contributed by atoms with E-state index < -0.39 is 17.7 Å². The van der Waals surface area contributed by atoms with Crippen LogP contribution in [0.15, 0.2) is 24.3 Å². The van der Waals surface area contributed by atoms with Gasteiger partial charge in [-0.15, -0.1) is 0 Å². The minimum absolute atomic E-state index is 0.175. The summed E-state index contributed by atoms with van der Waals surface area (Å²) in [7, 11) is 0. The summed E-state index contributed by atoms with van der Waals surface area (Å²) in [5.41, 5.74) is 8.90. The molecule has 0 radical (unpaired) electrons. The smallest absolute Gasteiger partial charge is 0.426 e. The van der Waals surface area contributed by atoms with Gasteiger partial charge in [0.2, 0.25) is 0 Å². The van der Waals surface area contributed by atoms with Gasteiger partial charge in [-0.1, -0.05) is 29.8 Å². The monoisotopic (exact) mass is 279 g/mol. The van der Waals surface area contributed by atoms with Crippen molar-refractivity contribution in [1.82, 2.24) is 10.4 Å². The molecule has 0 atom stereocenters.